The minimum atomic E-state index is -0.702. The van der Waals surface area contributed by atoms with Crippen LogP contribution in [0.5, 0.6) is 0 Å². The smallest absolute Gasteiger partial charge is 0.276 e. The molecule has 2 aliphatic rings. The number of anilines is 1. The van der Waals surface area contributed by atoms with Gasteiger partial charge >= 0.3 is 0 Å². The first-order chi connectivity index (χ1) is 12.6. The van der Waals surface area contributed by atoms with Crippen molar-refractivity contribution in [2.75, 3.05) is 4.90 Å². The molecule has 5 nitrogen and oxygen atoms in total. The minimum absolute atomic E-state index is 0.273. The van der Waals surface area contributed by atoms with Crippen LogP contribution in [0.25, 0.3) is 0 Å². The first-order valence-corrected chi connectivity index (χ1v) is 8.87. The van der Waals surface area contributed by atoms with Crippen molar-refractivity contribution >= 4 is 28.5 Å². The maximum Gasteiger partial charge on any atom is 0.276 e. The number of carbonyl (C=O) groups excluding carboxylic acids is 1. The SMILES string of the molecule is O=C1C2NN=C(SCc3ccccc3F)N2C=CN1c1cccc(F)c1. The van der Waals surface area contributed by atoms with Crippen molar-refractivity contribution in [1.29, 1.82) is 0 Å². The summed E-state index contributed by atoms with van der Waals surface area (Å²) in [6, 6.07) is 12.4. The molecule has 0 bridgehead atoms. The Morgan fingerprint density at radius 3 is 2.77 bits per heavy atom. The molecule has 0 fully saturated rings. The molecular formula is C18H14F2N4OS. The normalized spacial score (nSPS) is 18.6. The summed E-state index contributed by atoms with van der Waals surface area (Å²) in [6.45, 7) is 0. The zero-order chi connectivity index (χ0) is 18.1. The third-order valence-corrected chi connectivity index (χ3v) is 5.05. The fourth-order valence-electron chi connectivity index (χ4n) is 2.72. The van der Waals surface area contributed by atoms with E-state index < -0.39 is 12.0 Å². The summed E-state index contributed by atoms with van der Waals surface area (Å²) < 4.78 is 27.2. The van der Waals surface area contributed by atoms with Gasteiger partial charge in [0.1, 0.15) is 11.6 Å². The Morgan fingerprint density at radius 2 is 1.96 bits per heavy atom. The number of hydrogen-bond acceptors (Lipinski definition) is 5. The van der Waals surface area contributed by atoms with E-state index in [1.165, 1.54) is 34.9 Å². The number of carbonyl (C=O) groups is 1. The molecule has 0 spiro atoms. The number of fused-ring (bicyclic) bond motifs is 1. The summed E-state index contributed by atoms with van der Waals surface area (Å²) in [7, 11) is 0. The standard InChI is InChI=1S/C18H14F2N4OS/c19-13-5-3-6-14(10-13)23-8-9-24-16(17(23)25)21-22-18(24)26-11-12-4-1-2-7-15(12)20/h1-10,16,21H,11H2. The van der Waals surface area contributed by atoms with E-state index in [1.807, 2.05) is 0 Å². The van der Waals surface area contributed by atoms with Crippen molar-refractivity contribution in [1.82, 2.24) is 10.3 Å². The molecule has 132 valence electrons. The molecule has 1 unspecified atom stereocenters. The van der Waals surface area contributed by atoms with Crippen molar-refractivity contribution in [3.05, 3.63) is 78.1 Å². The van der Waals surface area contributed by atoms with E-state index in [1.54, 1.807) is 47.6 Å². The van der Waals surface area contributed by atoms with Crippen molar-refractivity contribution < 1.29 is 13.6 Å². The van der Waals surface area contributed by atoms with E-state index in [4.69, 9.17) is 0 Å². The first kappa shape index (κ1) is 16.6. The Kier molecular flexibility index (Phi) is 4.34. The van der Waals surface area contributed by atoms with Gasteiger partial charge in [0.15, 0.2) is 5.17 Å². The molecule has 0 saturated carbocycles. The number of halogens is 2. The predicted octanol–water partition coefficient (Wildman–Crippen LogP) is 3.22. The number of benzene rings is 2. The Balaban J connectivity index is 1.49. The number of amides is 1. The molecule has 2 aromatic rings. The van der Waals surface area contributed by atoms with Gasteiger partial charge in [0.25, 0.3) is 5.91 Å². The monoisotopic (exact) mass is 372 g/mol. The highest BCUT2D eigenvalue weighted by atomic mass is 32.2. The second kappa shape index (κ2) is 6.80. The van der Waals surface area contributed by atoms with E-state index in [-0.39, 0.29) is 11.7 Å². The summed E-state index contributed by atoms with van der Waals surface area (Å²) in [4.78, 5) is 15.8. The maximum atomic E-state index is 13.7. The van der Waals surface area contributed by atoms with Gasteiger partial charge in [-0.05, 0) is 29.8 Å². The van der Waals surface area contributed by atoms with Crippen molar-refractivity contribution in [2.24, 2.45) is 5.10 Å². The van der Waals surface area contributed by atoms with Gasteiger partial charge in [0.05, 0.1) is 5.69 Å². The molecule has 2 aliphatic heterocycles. The van der Waals surface area contributed by atoms with Crippen LogP contribution < -0.4 is 10.3 Å². The highest BCUT2D eigenvalue weighted by Gasteiger charge is 2.38. The largest absolute Gasteiger partial charge is 0.294 e. The number of amidine groups is 1. The molecule has 2 aromatic carbocycles. The van der Waals surface area contributed by atoms with Gasteiger partial charge in [-0.2, -0.15) is 5.10 Å². The molecule has 0 saturated heterocycles. The topological polar surface area (TPSA) is 47.9 Å². The second-order valence-electron chi connectivity index (χ2n) is 5.70. The maximum absolute atomic E-state index is 13.7. The first-order valence-electron chi connectivity index (χ1n) is 7.88. The van der Waals surface area contributed by atoms with Crippen LogP contribution in [-0.2, 0) is 10.5 Å². The molecule has 26 heavy (non-hydrogen) atoms. The Bertz CT molecular complexity index is 918. The van der Waals surface area contributed by atoms with E-state index in [0.717, 1.165) is 0 Å². The Morgan fingerprint density at radius 1 is 1.12 bits per heavy atom. The predicted molar refractivity (Wildman–Crippen MR) is 96.9 cm³/mol. The van der Waals surface area contributed by atoms with Crippen LogP contribution in [0.3, 0.4) is 0 Å². The van der Waals surface area contributed by atoms with Gasteiger partial charge in [-0.3, -0.25) is 20.0 Å². The molecule has 0 aromatic heterocycles. The third kappa shape index (κ3) is 3.03. The lowest BCUT2D eigenvalue weighted by atomic mass is 10.2. The zero-order valence-corrected chi connectivity index (χ0v) is 14.3. The average Bonchev–Trinajstić information content (AvgIpc) is 3.05. The van der Waals surface area contributed by atoms with Gasteiger partial charge < -0.3 is 0 Å². The van der Waals surface area contributed by atoms with Crippen LogP contribution >= 0.6 is 11.8 Å². The molecule has 4 rings (SSSR count). The van der Waals surface area contributed by atoms with E-state index in [0.29, 0.717) is 22.2 Å². The third-order valence-electron chi connectivity index (χ3n) is 4.03. The van der Waals surface area contributed by atoms with Crippen LogP contribution in [-0.4, -0.2) is 22.1 Å². The molecule has 0 aliphatic carbocycles. The summed E-state index contributed by atoms with van der Waals surface area (Å²) in [5.41, 5.74) is 3.80. The fourth-order valence-corrected chi connectivity index (χ4v) is 3.67. The van der Waals surface area contributed by atoms with Gasteiger partial charge in [-0.15, -0.1) is 0 Å². The number of thioether (sulfide) groups is 1. The molecular weight excluding hydrogens is 358 g/mol. The zero-order valence-electron chi connectivity index (χ0n) is 13.5. The molecule has 8 heteroatoms. The minimum Gasteiger partial charge on any atom is -0.294 e. The summed E-state index contributed by atoms with van der Waals surface area (Å²) in [5.74, 6) is -0.566. The second-order valence-corrected chi connectivity index (χ2v) is 6.64. The fraction of sp³-hybridized carbons (Fsp3) is 0.111. The molecule has 1 N–H and O–H groups in total. The van der Waals surface area contributed by atoms with Crippen molar-refractivity contribution in [2.45, 2.75) is 11.9 Å². The van der Waals surface area contributed by atoms with Gasteiger partial charge in [-0.25, -0.2) is 8.78 Å². The average molecular weight is 372 g/mol. The van der Waals surface area contributed by atoms with E-state index in [9.17, 15) is 13.6 Å². The van der Waals surface area contributed by atoms with Crippen LogP contribution in [0.1, 0.15) is 5.56 Å². The number of nitrogens with zero attached hydrogens (tertiary/aromatic N) is 3. The van der Waals surface area contributed by atoms with Crippen LogP contribution in [0.15, 0.2) is 66.0 Å². The molecule has 1 amide bonds. The van der Waals surface area contributed by atoms with Gasteiger partial charge in [0.2, 0.25) is 6.17 Å². The number of hydrogen-bond donors (Lipinski definition) is 1. The molecule has 0 radical (unpaired) electrons. The molecule has 1 atom stereocenters. The lowest BCUT2D eigenvalue weighted by Gasteiger charge is -2.31. The lowest BCUT2D eigenvalue weighted by molar-refractivity contribution is -0.122. The Hall–Kier alpha value is -2.87. The van der Waals surface area contributed by atoms with E-state index in [2.05, 4.69) is 10.5 Å². The highest BCUT2D eigenvalue weighted by molar-refractivity contribution is 8.13. The number of hydrazone groups is 1. The number of nitrogens with one attached hydrogen (secondary N) is 1. The molecule has 2 heterocycles. The van der Waals surface area contributed by atoms with Gasteiger partial charge in [0, 0.05) is 18.2 Å². The highest BCUT2D eigenvalue weighted by Crippen LogP contribution is 2.27. The van der Waals surface area contributed by atoms with Crippen LogP contribution in [0.4, 0.5) is 14.5 Å². The number of rotatable bonds is 3. The summed E-state index contributed by atoms with van der Waals surface area (Å²) >= 11 is 1.33. The lowest BCUT2D eigenvalue weighted by Crippen LogP contribution is -2.52. The van der Waals surface area contributed by atoms with E-state index >= 15 is 0 Å². The Labute approximate surface area is 153 Å². The summed E-state index contributed by atoms with van der Waals surface area (Å²) in [5, 5.41) is 4.75. The quantitative estimate of drug-likeness (QED) is 0.899. The van der Waals surface area contributed by atoms with Crippen LogP contribution in [0.2, 0.25) is 0 Å². The van der Waals surface area contributed by atoms with Gasteiger partial charge in [-0.1, -0.05) is 36.0 Å². The van der Waals surface area contributed by atoms with Crippen molar-refractivity contribution in [3.63, 3.8) is 0 Å². The van der Waals surface area contributed by atoms with Crippen molar-refractivity contribution in [3.8, 4) is 0 Å². The van der Waals surface area contributed by atoms with Crippen LogP contribution in [0, 0.1) is 11.6 Å². The summed E-state index contributed by atoms with van der Waals surface area (Å²) in [6.07, 6.45) is 2.57.